The lowest BCUT2D eigenvalue weighted by atomic mass is 10.1. The van der Waals surface area contributed by atoms with Crippen molar-refractivity contribution < 1.29 is 4.79 Å². The molecule has 0 saturated heterocycles. The van der Waals surface area contributed by atoms with Crippen molar-refractivity contribution in [1.82, 2.24) is 4.98 Å². The quantitative estimate of drug-likeness (QED) is 0.691. The van der Waals surface area contributed by atoms with Gasteiger partial charge >= 0.3 is 0 Å². The van der Waals surface area contributed by atoms with Crippen molar-refractivity contribution in [1.29, 1.82) is 0 Å². The Balaban J connectivity index is 2.16. The van der Waals surface area contributed by atoms with Crippen LogP contribution in [-0.4, -0.2) is 10.8 Å². The molecule has 0 saturated carbocycles. The van der Waals surface area contributed by atoms with Gasteiger partial charge in [0.1, 0.15) is 5.82 Å². The number of carbonyl (C=O) groups is 1. The smallest absolute Gasteiger partial charge is 0.164 e. The van der Waals surface area contributed by atoms with Crippen LogP contribution >= 0.6 is 11.3 Å². The highest BCUT2D eigenvalue weighted by Gasteiger charge is 2.15. The number of para-hydroxylation sites is 1. The number of benzene rings is 1. The maximum atomic E-state index is 11.8. The molecule has 2 N–H and O–H groups in total. The Labute approximate surface area is 108 Å². The predicted octanol–water partition coefficient (Wildman–Crippen LogP) is 4.18. The molecule has 3 rings (SSSR count). The van der Waals surface area contributed by atoms with Crippen LogP contribution in [0.15, 0.2) is 41.8 Å². The van der Waals surface area contributed by atoms with Gasteiger partial charge in [-0.2, -0.15) is 0 Å². The number of hydrogen-bond donors (Lipinski definition) is 2. The van der Waals surface area contributed by atoms with E-state index in [1.807, 2.05) is 41.8 Å². The molecule has 0 bridgehead atoms. The summed E-state index contributed by atoms with van der Waals surface area (Å²) >= 11 is 1.61. The van der Waals surface area contributed by atoms with Gasteiger partial charge < -0.3 is 10.3 Å². The second kappa shape index (κ2) is 4.31. The van der Waals surface area contributed by atoms with E-state index in [1.165, 1.54) is 0 Å². The van der Waals surface area contributed by atoms with E-state index in [0.29, 0.717) is 0 Å². The van der Waals surface area contributed by atoms with Crippen molar-refractivity contribution >= 4 is 38.8 Å². The van der Waals surface area contributed by atoms with E-state index in [0.717, 1.165) is 27.3 Å². The summed E-state index contributed by atoms with van der Waals surface area (Å²) in [5.41, 5.74) is 1.70. The van der Waals surface area contributed by atoms with Gasteiger partial charge in [0, 0.05) is 10.9 Å². The lowest BCUT2D eigenvalue weighted by molar-refractivity contribution is 0.102. The van der Waals surface area contributed by atoms with Crippen LogP contribution in [0.3, 0.4) is 0 Å². The predicted molar refractivity (Wildman–Crippen MR) is 75.9 cm³/mol. The summed E-state index contributed by atoms with van der Waals surface area (Å²) in [6, 6.07) is 11.8. The van der Waals surface area contributed by atoms with Crippen molar-refractivity contribution in [2.24, 2.45) is 0 Å². The number of hydrogen-bond acceptors (Lipinski definition) is 3. The summed E-state index contributed by atoms with van der Waals surface area (Å²) in [4.78, 5) is 15.1. The summed E-state index contributed by atoms with van der Waals surface area (Å²) in [5.74, 6) is 0.831. The molecule has 0 aliphatic rings. The van der Waals surface area contributed by atoms with E-state index < -0.39 is 0 Å². The van der Waals surface area contributed by atoms with Gasteiger partial charge in [0.2, 0.25) is 0 Å². The van der Waals surface area contributed by atoms with Gasteiger partial charge in [-0.05, 0) is 30.5 Å². The van der Waals surface area contributed by atoms with Gasteiger partial charge in [-0.15, -0.1) is 11.3 Å². The van der Waals surface area contributed by atoms with Crippen LogP contribution in [-0.2, 0) is 0 Å². The summed E-state index contributed by atoms with van der Waals surface area (Å²) in [7, 11) is 0. The third-order valence-electron chi connectivity index (χ3n) is 2.83. The molecule has 0 radical (unpaired) electrons. The largest absolute Gasteiger partial charge is 0.341 e. The maximum Gasteiger partial charge on any atom is 0.164 e. The first kappa shape index (κ1) is 11.0. The number of aromatic amines is 1. The first-order valence-electron chi connectivity index (χ1n) is 5.68. The number of Topliss-reactive ketones (excluding diaryl/α,β-unsaturated/α-hetero) is 1. The van der Waals surface area contributed by atoms with Crippen LogP contribution in [0.25, 0.3) is 10.9 Å². The van der Waals surface area contributed by atoms with Crippen LogP contribution < -0.4 is 5.32 Å². The fourth-order valence-corrected chi connectivity index (χ4v) is 2.70. The minimum atomic E-state index is 0.0616. The Morgan fingerprint density at radius 2 is 2.06 bits per heavy atom. The van der Waals surface area contributed by atoms with Crippen molar-refractivity contribution in [2.75, 3.05) is 5.32 Å². The van der Waals surface area contributed by atoms with E-state index in [-0.39, 0.29) is 5.78 Å². The molecule has 0 atom stereocenters. The van der Waals surface area contributed by atoms with E-state index in [1.54, 1.807) is 18.3 Å². The second-order valence-electron chi connectivity index (χ2n) is 4.08. The zero-order chi connectivity index (χ0) is 12.5. The highest BCUT2D eigenvalue weighted by molar-refractivity contribution is 7.14. The van der Waals surface area contributed by atoms with Crippen molar-refractivity contribution in [2.45, 2.75) is 6.92 Å². The lowest BCUT2D eigenvalue weighted by Gasteiger charge is -2.02. The first-order chi connectivity index (χ1) is 8.75. The number of fused-ring (bicyclic) bond motifs is 1. The Hall–Kier alpha value is -2.07. The van der Waals surface area contributed by atoms with Crippen LogP contribution in [0.1, 0.15) is 17.3 Å². The molecule has 18 heavy (non-hydrogen) atoms. The molecule has 90 valence electrons. The summed E-state index contributed by atoms with van der Waals surface area (Å²) in [6.07, 6.45) is 0. The van der Waals surface area contributed by atoms with Crippen LogP contribution in [0.2, 0.25) is 0 Å². The number of rotatable bonds is 3. The summed E-state index contributed by atoms with van der Waals surface area (Å²) in [5, 5.41) is 7.24. The highest BCUT2D eigenvalue weighted by atomic mass is 32.1. The third kappa shape index (κ3) is 1.80. The molecule has 0 spiro atoms. The molecule has 0 amide bonds. The van der Waals surface area contributed by atoms with Crippen LogP contribution in [0, 0.1) is 0 Å². The monoisotopic (exact) mass is 256 g/mol. The number of H-pyrrole nitrogens is 1. The number of anilines is 2. The Kier molecular flexibility index (Phi) is 2.64. The molecule has 0 fully saturated rings. The van der Waals surface area contributed by atoms with Gasteiger partial charge in [0.15, 0.2) is 5.78 Å². The molecular weight excluding hydrogens is 244 g/mol. The number of carbonyl (C=O) groups excluding carboxylic acids is 1. The van der Waals surface area contributed by atoms with Gasteiger partial charge in [-0.25, -0.2) is 0 Å². The molecule has 4 heteroatoms. The molecular formula is C14H12N2OS. The average molecular weight is 256 g/mol. The van der Waals surface area contributed by atoms with Crippen molar-refractivity contribution in [3.63, 3.8) is 0 Å². The summed E-state index contributed by atoms with van der Waals surface area (Å²) < 4.78 is 0. The molecule has 0 aliphatic carbocycles. The van der Waals surface area contributed by atoms with Crippen molar-refractivity contribution in [3.05, 3.63) is 47.3 Å². The van der Waals surface area contributed by atoms with E-state index in [4.69, 9.17) is 0 Å². The molecule has 2 heterocycles. The first-order valence-corrected chi connectivity index (χ1v) is 6.56. The topological polar surface area (TPSA) is 44.9 Å². The van der Waals surface area contributed by atoms with Gasteiger partial charge in [0.05, 0.1) is 10.6 Å². The molecule has 0 aliphatic heterocycles. The zero-order valence-corrected chi connectivity index (χ0v) is 10.7. The number of nitrogens with one attached hydrogen (secondary N) is 2. The molecule has 2 aromatic heterocycles. The highest BCUT2D eigenvalue weighted by Crippen LogP contribution is 2.30. The van der Waals surface area contributed by atoms with Gasteiger partial charge in [-0.1, -0.05) is 18.2 Å². The number of ketones is 1. The second-order valence-corrected chi connectivity index (χ2v) is 5.03. The lowest BCUT2D eigenvalue weighted by Crippen LogP contribution is -1.97. The Morgan fingerprint density at radius 3 is 2.78 bits per heavy atom. The molecule has 0 unspecified atom stereocenters. The SMILES string of the molecule is CC(=O)c1c(Nc2cccs2)[nH]c2ccccc12. The standard InChI is InChI=1S/C14H12N2OS/c1-9(17)13-10-5-2-3-6-11(10)15-14(13)16-12-7-4-8-18-12/h2-8,15-16H,1H3. The zero-order valence-electron chi connectivity index (χ0n) is 9.86. The minimum Gasteiger partial charge on any atom is -0.341 e. The third-order valence-corrected chi connectivity index (χ3v) is 3.61. The fraction of sp³-hybridized carbons (Fsp3) is 0.0714. The van der Waals surface area contributed by atoms with Crippen molar-refractivity contribution in [3.8, 4) is 0 Å². The van der Waals surface area contributed by atoms with Crippen LogP contribution in [0.5, 0.6) is 0 Å². The normalized spacial score (nSPS) is 10.7. The van der Waals surface area contributed by atoms with E-state index >= 15 is 0 Å². The molecule has 1 aromatic carbocycles. The molecule has 3 nitrogen and oxygen atoms in total. The number of thiophene rings is 1. The van der Waals surface area contributed by atoms with E-state index in [2.05, 4.69) is 10.3 Å². The Morgan fingerprint density at radius 1 is 1.22 bits per heavy atom. The summed E-state index contributed by atoms with van der Waals surface area (Å²) in [6.45, 7) is 1.59. The maximum absolute atomic E-state index is 11.8. The fourth-order valence-electron chi connectivity index (χ4n) is 2.07. The average Bonchev–Trinajstić information content (AvgIpc) is 2.95. The van der Waals surface area contributed by atoms with E-state index in [9.17, 15) is 4.79 Å². The van der Waals surface area contributed by atoms with Gasteiger partial charge in [0.25, 0.3) is 0 Å². The number of aromatic nitrogens is 1. The van der Waals surface area contributed by atoms with Gasteiger partial charge in [-0.3, -0.25) is 4.79 Å². The Bertz CT molecular complexity index is 698. The molecule has 3 aromatic rings. The minimum absolute atomic E-state index is 0.0616. The van der Waals surface area contributed by atoms with Crippen LogP contribution in [0.4, 0.5) is 10.8 Å².